The number of halogens is 1. The van der Waals surface area contributed by atoms with Crippen molar-refractivity contribution < 1.29 is 0 Å². The largest absolute Gasteiger partial charge is 0.314 e. The van der Waals surface area contributed by atoms with Crippen LogP contribution < -0.4 is 5.32 Å². The van der Waals surface area contributed by atoms with Gasteiger partial charge in [-0.1, -0.05) is 92.8 Å². The van der Waals surface area contributed by atoms with Gasteiger partial charge in [0.1, 0.15) is 0 Å². The smallest absolute Gasteiger partial charge is 0.0101 e. The van der Waals surface area contributed by atoms with E-state index < -0.39 is 0 Å². The molecule has 2 heteroatoms. The van der Waals surface area contributed by atoms with Crippen LogP contribution >= 0.6 is 12.4 Å². The minimum Gasteiger partial charge on any atom is -0.314 e. The number of benzene rings is 2. The first-order valence-electron chi connectivity index (χ1n) is 10.2. The molecule has 1 saturated carbocycles. The van der Waals surface area contributed by atoms with Crippen molar-refractivity contribution in [2.45, 2.75) is 63.8 Å². The van der Waals surface area contributed by atoms with Crippen molar-refractivity contribution in [1.29, 1.82) is 0 Å². The monoisotopic (exact) mass is 371 g/mol. The standard InChI is InChI=1S/C24H33N.ClH/c1-20(19-21-11-5-2-6-12-21)25-18-17-24(22-13-7-3-8-14-22)23-15-9-4-10-16-23;/h3-4,7-10,13-16,20-21,24-25H,2,5-6,11-12,17-19H2,1H3;1H. The fraction of sp³-hybridized carbons (Fsp3) is 0.500. The molecular formula is C24H34ClN. The molecule has 1 aliphatic carbocycles. The van der Waals surface area contributed by atoms with E-state index in [0.29, 0.717) is 12.0 Å². The van der Waals surface area contributed by atoms with Crippen LogP contribution in [0.2, 0.25) is 0 Å². The minimum absolute atomic E-state index is 0. The van der Waals surface area contributed by atoms with Gasteiger partial charge < -0.3 is 5.32 Å². The zero-order valence-corrected chi connectivity index (χ0v) is 16.9. The van der Waals surface area contributed by atoms with Crippen LogP contribution in [0.15, 0.2) is 60.7 Å². The Morgan fingerprint density at radius 3 is 1.92 bits per heavy atom. The fourth-order valence-electron chi connectivity index (χ4n) is 4.38. The molecule has 1 N–H and O–H groups in total. The Labute approximate surface area is 166 Å². The van der Waals surface area contributed by atoms with Crippen LogP contribution in [0, 0.1) is 5.92 Å². The summed E-state index contributed by atoms with van der Waals surface area (Å²) in [6.07, 6.45) is 9.74. The highest BCUT2D eigenvalue weighted by Crippen LogP contribution is 2.29. The summed E-state index contributed by atoms with van der Waals surface area (Å²) in [6, 6.07) is 22.5. The molecule has 0 saturated heterocycles. The van der Waals surface area contributed by atoms with Gasteiger partial charge in [-0.05, 0) is 43.4 Å². The highest BCUT2D eigenvalue weighted by Gasteiger charge is 2.17. The zero-order chi connectivity index (χ0) is 17.3. The van der Waals surface area contributed by atoms with Crippen molar-refractivity contribution in [2.24, 2.45) is 5.92 Å². The number of rotatable bonds is 8. The molecule has 0 heterocycles. The molecule has 0 bridgehead atoms. The molecule has 2 aromatic rings. The Balaban J connectivity index is 0.00000243. The third-order valence-electron chi connectivity index (χ3n) is 5.74. The molecule has 1 unspecified atom stereocenters. The molecule has 26 heavy (non-hydrogen) atoms. The van der Waals surface area contributed by atoms with Gasteiger partial charge in [0.05, 0.1) is 0 Å². The van der Waals surface area contributed by atoms with Crippen molar-refractivity contribution in [3.8, 4) is 0 Å². The Morgan fingerprint density at radius 2 is 1.38 bits per heavy atom. The minimum atomic E-state index is 0. The van der Waals surface area contributed by atoms with Gasteiger partial charge in [0.25, 0.3) is 0 Å². The molecule has 0 radical (unpaired) electrons. The second-order valence-electron chi connectivity index (χ2n) is 7.76. The van der Waals surface area contributed by atoms with Crippen LogP contribution in [0.25, 0.3) is 0 Å². The van der Waals surface area contributed by atoms with Crippen LogP contribution in [0.3, 0.4) is 0 Å². The van der Waals surface area contributed by atoms with Crippen LogP contribution in [-0.4, -0.2) is 12.6 Å². The SMILES string of the molecule is CC(CC1CCCCC1)NCCC(c1ccccc1)c1ccccc1.Cl. The van der Waals surface area contributed by atoms with E-state index in [0.717, 1.165) is 18.9 Å². The van der Waals surface area contributed by atoms with Crippen LogP contribution in [0.4, 0.5) is 0 Å². The molecule has 0 spiro atoms. The van der Waals surface area contributed by atoms with E-state index in [4.69, 9.17) is 0 Å². The second-order valence-corrected chi connectivity index (χ2v) is 7.76. The summed E-state index contributed by atoms with van der Waals surface area (Å²) in [6.45, 7) is 3.46. The topological polar surface area (TPSA) is 12.0 Å². The normalized spacial score (nSPS) is 16.2. The Hall–Kier alpha value is -1.31. The third kappa shape index (κ3) is 6.45. The summed E-state index contributed by atoms with van der Waals surface area (Å²) >= 11 is 0. The third-order valence-corrected chi connectivity index (χ3v) is 5.74. The van der Waals surface area contributed by atoms with Gasteiger partial charge in [-0.3, -0.25) is 0 Å². The maximum absolute atomic E-state index is 3.80. The van der Waals surface area contributed by atoms with E-state index in [1.54, 1.807) is 0 Å². The first-order valence-corrected chi connectivity index (χ1v) is 10.2. The van der Waals surface area contributed by atoms with Crippen LogP contribution in [-0.2, 0) is 0 Å². The maximum atomic E-state index is 3.80. The summed E-state index contributed by atoms with van der Waals surface area (Å²) < 4.78 is 0. The molecule has 142 valence electrons. The van der Waals surface area contributed by atoms with Gasteiger partial charge in [0.2, 0.25) is 0 Å². The average Bonchev–Trinajstić information content (AvgIpc) is 2.67. The molecule has 3 rings (SSSR count). The van der Waals surface area contributed by atoms with E-state index in [1.165, 1.54) is 49.7 Å². The molecule has 0 aromatic heterocycles. The predicted molar refractivity (Wildman–Crippen MR) is 115 cm³/mol. The van der Waals surface area contributed by atoms with Crippen molar-refractivity contribution in [3.05, 3.63) is 71.8 Å². The Morgan fingerprint density at radius 1 is 0.846 bits per heavy atom. The van der Waals surface area contributed by atoms with Gasteiger partial charge in [-0.2, -0.15) is 0 Å². The van der Waals surface area contributed by atoms with E-state index in [2.05, 4.69) is 72.9 Å². The maximum Gasteiger partial charge on any atom is 0.0101 e. The molecule has 1 atom stereocenters. The summed E-state index contributed by atoms with van der Waals surface area (Å²) in [7, 11) is 0. The van der Waals surface area contributed by atoms with Gasteiger partial charge >= 0.3 is 0 Å². The second kappa shape index (κ2) is 11.4. The molecule has 1 nitrogen and oxygen atoms in total. The van der Waals surface area contributed by atoms with Crippen molar-refractivity contribution >= 4 is 12.4 Å². The lowest BCUT2D eigenvalue weighted by atomic mass is 9.85. The molecule has 1 aliphatic rings. The quantitative estimate of drug-likeness (QED) is 0.552. The Bertz CT molecular complexity index is 553. The lowest BCUT2D eigenvalue weighted by molar-refractivity contribution is 0.304. The van der Waals surface area contributed by atoms with Crippen LogP contribution in [0.5, 0.6) is 0 Å². The van der Waals surface area contributed by atoms with E-state index in [1.807, 2.05) is 0 Å². The molecular weight excluding hydrogens is 338 g/mol. The fourth-order valence-corrected chi connectivity index (χ4v) is 4.38. The summed E-state index contributed by atoms with van der Waals surface area (Å²) in [5.74, 6) is 1.44. The average molecular weight is 372 g/mol. The van der Waals surface area contributed by atoms with Gasteiger partial charge in [-0.15, -0.1) is 12.4 Å². The Kier molecular flexibility index (Phi) is 9.22. The van der Waals surface area contributed by atoms with E-state index in [-0.39, 0.29) is 12.4 Å². The zero-order valence-electron chi connectivity index (χ0n) is 16.1. The number of hydrogen-bond donors (Lipinski definition) is 1. The molecule has 2 aromatic carbocycles. The highest BCUT2D eigenvalue weighted by molar-refractivity contribution is 5.85. The first kappa shape index (κ1) is 21.0. The lowest BCUT2D eigenvalue weighted by Crippen LogP contribution is -2.30. The number of nitrogens with one attached hydrogen (secondary N) is 1. The first-order chi connectivity index (χ1) is 12.3. The van der Waals surface area contributed by atoms with Crippen LogP contribution in [0.1, 0.15) is 68.9 Å². The van der Waals surface area contributed by atoms with Crippen molar-refractivity contribution in [3.63, 3.8) is 0 Å². The van der Waals surface area contributed by atoms with Crippen molar-refractivity contribution in [1.82, 2.24) is 5.32 Å². The highest BCUT2D eigenvalue weighted by atomic mass is 35.5. The summed E-state index contributed by atoms with van der Waals surface area (Å²) in [5.41, 5.74) is 2.85. The van der Waals surface area contributed by atoms with E-state index in [9.17, 15) is 0 Å². The molecule has 1 fully saturated rings. The number of hydrogen-bond acceptors (Lipinski definition) is 1. The van der Waals surface area contributed by atoms with E-state index >= 15 is 0 Å². The lowest BCUT2D eigenvalue weighted by Gasteiger charge is -2.26. The summed E-state index contributed by atoms with van der Waals surface area (Å²) in [4.78, 5) is 0. The van der Waals surface area contributed by atoms with Gasteiger partial charge in [0, 0.05) is 12.0 Å². The van der Waals surface area contributed by atoms with Crippen molar-refractivity contribution in [2.75, 3.05) is 6.54 Å². The molecule has 0 amide bonds. The van der Waals surface area contributed by atoms with Gasteiger partial charge in [0.15, 0.2) is 0 Å². The van der Waals surface area contributed by atoms with Gasteiger partial charge in [-0.25, -0.2) is 0 Å². The predicted octanol–water partition coefficient (Wildman–Crippen LogP) is 6.58. The molecule has 0 aliphatic heterocycles. The summed E-state index contributed by atoms with van der Waals surface area (Å²) in [5, 5.41) is 3.80.